The van der Waals surface area contributed by atoms with E-state index in [4.69, 9.17) is 37.4 Å². The zero-order chi connectivity index (χ0) is 30.5. The van der Waals surface area contributed by atoms with Gasteiger partial charge in [-0.3, -0.25) is 18.1 Å². The third-order valence-corrected chi connectivity index (χ3v) is 6.97. The zero-order valence-corrected chi connectivity index (χ0v) is 28.2. The van der Waals surface area contributed by atoms with Gasteiger partial charge in [0.15, 0.2) is 0 Å². The molecule has 11 nitrogen and oxygen atoms in total. The topological polar surface area (TPSA) is 117 Å². The Balaban J connectivity index is 0.00000411. The lowest BCUT2D eigenvalue weighted by Crippen LogP contribution is -2.34. The zero-order valence-electron chi connectivity index (χ0n) is 24.5. The molecule has 1 aromatic rings. The van der Waals surface area contributed by atoms with Crippen molar-refractivity contribution in [2.24, 2.45) is 11.0 Å². The normalized spacial score (nSPS) is 14.5. The van der Waals surface area contributed by atoms with Gasteiger partial charge in [-0.1, -0.05) is 44.0 Å². The van der Waals surface area contributed by atoms with Gasteiger partial charge in [-0.25, -0.2) is 0 Å². The minimum atomic E-state index is -0.204. The predicted octanol–water partition coefficient (Wildman–Crippen LogP) is 3.72. The molecule has 3 N–H and O–H groups in total. The second kappa shape index (κ2) is 23.2. The standard InChI is InChI=1S/C25H39Cl2IN6O5.C2H6/c1-19-17-34(20-5-6-21(26)22(27)16-20)32-25(19)31-23(35)4-3-7-29-24(36)18-39-13-10-33(2)9-12-38-15-14-37-11-8-30-28;1-2/h5-6,16,19,30H,3-4,7-15,17-18H2,1-2H3,(H,29,36)(H,31,32,35);1-2H3. The number of ether oxygens (including phenoxy) is 3. The Morgan fingerprint density at radius 3 is 2.39 bits per heavy atom. The van der Waals surface area contributed by atoms with E-state index in [0.717, 1.165) is 18.8 Å². The summed E-state index contributed by atoms with van der Waals surface area (Å²) < 4.78 is 19.4. The van der Waals surface area contributed by atoms with Crippen LogP contribution < -0.4 is 19.2 Å². The lowest BCUT2D eigenvalue weighted by molar-refractivity contribution is -0.126. The van der Waals surface area contributed by atoms with Crippen molar-refractivity contribution in [2.75, 3.05) is 84.4 Å². The molecule has 0 bridgehead atoms. The van der Waals surface area contributed by atoms with E-state index in [2.05, 4.69) is 47.0 Å². The second-order valence-electron chi connectivity index (χ2n) is 9.03. The van der Waals surface area contributed by atoms with E-state index in [1.54, 1.807) is 17.1 Å². The number of hydrazone groups is 1. The molecule has 41 heavy (non-hydrogen) atoms. The highest BCUT2D eigenvalue weighted by molar-refractivity contribution is 14.1. The number of nitrogens with one attached hydrogen (secondary N) is 3. The number of hydrogen-bond acceptors (Lipinski definition) is 9. The summed E-state index contributed by atoms with van der Waals surface area (Å²) in [4.78, 5) is 26.4. The third kappa shape index (κ3) is 16.8. The number of anilines is 1. The minimum absolute atomic E-state index is 0.0151. The average Bonchev–Trinajstić information content (AvgIpc) is 3.32. The number of amides is 2. The van der Waals surface area contributed by atoms with Crippen LogP contribution in [0.15, 0.2) is 23.3 Å². The summed E-state index contributed by atoms with van der Waals surface area (Å²) in [5, 5.41) is 12.9. The van der Waals surface area contributed by atoms with Crippen molar-refractivity contribution in [3.05, 3.63) is 28.2 Å². The molecule has 1 atom stereocenters. The molecule has 0 radical (unpaired) electrons. The molecule has 1 aliphatic heterocycles. The van der Waals surface area contributed by atoms with Crippen molar-refractivity contribution in [3.63, 3.8) is 0 Å². The van der Waals surface area contributed by atoms with E-state index in [-0.39, 0.29) is 30.8 Å². The molecule has 1 unspecified atom stereocenters. The van der Waals surface area contributed by atoms with E-state index in [0.29, 0.717) is 75.0 Å². The van der Waals surface area contributed by atoms with Crippen LogP contribution in [-0.4, -0.2) is 102 Å². The Morgan fingerprint density at radius 2 is 1.71 bits per heavy atom. The molecule has 0 saturated carbocycles. The lowest BCUT2D eigenvalue weighted by atomic mass is 10.1. The fraction of sp³-hybridized carbons (Fsp3) is 0.667. The maximum Gasteiger partial charge on any atom is 0.245 e. The largest absolute Gasteiger partial charge is 0.378 e. The summed E-state index contributed by atoms with van der Waals surface area (Å²) >= 11 is 14.2. The first-order chi connectivity index (χ1) is 19.8. The van der Waals surface area contributed by atoms with Gasteiger partial charge >= 0.3 is 0 Å². The van der Waals surface area contributed by atoms with Crippen molar-refractivity contribution >= 4 is 69.4 Å². The quantitative estimate of drug-likeness (QED) is 0.112. The maximum atomic E-state index is 12.4. The smallest absolute Gasteiger partial charge is 0.245 e. The van der Waals surface area contributed by atoms with Gasteiger partial charge in [-0.05, 0) is 31.7 Å². The van der Waals surface area contributed by atoms with Crippen molar-refractivity contribution in [1.82, 2.24) is 19.1 Å². The van der Waals surface area contributed by atoms with E-state index in [1.807, 2.05) is 33.9 Å². The molecule has 14 heteroatoms. The third-order valence-electron chi connectivity index (χ3n) is 5.69. The molecule has 0 fully saturated rings. The van der Waals surface area contributed by atoms with Gasteiger partial charge in [0.1, 0.15) is 12.4 Å². The molecule has 234 valence electrons. The van der Waals surface area contributed by atoms with E-state index in [1.165, 1.54) is 0 Å². The predicted molar refractivity (Wildman–Crippen MR) is 174 cm³/mol. The number of likely N-dealkylation sites (N-methyl/N-ethyl adjacent to an activating group) is 1. The number of carbonyl (C=O) groups excluding carboxylic acids is 2. The van der Waals surface area contributed by atoms with Gasteiger partial charge in [-0.15, -0.1) is 0 Å². The summed E-state index contributed by atoms with van der Waals surface area (Å²) in [6.07, 6.45) is 0.785. The number of rotatable bonds is 19. The van der Waals surface area contributed by atoms with Gasteiger partial charge in [0.2, 0.25) is 11.8 Å². The van der Waals surface area contributed by atoms with Crippen LogP contribution in [0.4, 0.5) is 5.69 Å². The number of amidine groups is 1. The number of carbonyl (C=O) groups is 2. The molecule has 2 amide bonds. The van der Waals surface area contributed by atoms with Crippen LogP contribution in [0.1, 0.15) is 33.6 Å². The second-order valence-corrected chi connectivity index (χ2v) is 10.6. The molecule has 2 rings (SSSR count). The van der Waals surface area contributed by atoms with Gasteiger partial charge in [0, 0.05) is 61.4 Å². The summed E-state index contributed by atoms with van der Waals surface area (Å²) in [7, 11) is 1.98. The fourth-order valence-corrected chi connectivity index (χ4v) is 3.97. The molecule has 0 saturated heterocycles. The van der Waals surface area contributed by atoms with Crippen LogP contribution in [0.5, 0.6) is 0 Å². The van der Waals surface area contributed by atoms with Gasteiger partial charge in [-0.2, -0.15) is 5.10 Å². The van der Waals surface area contributed by atoms with Gasteiger partial charge in [0.25, 0.3) is 0 Å². The van der Waals surface area contributed by atoms with E-state index >= 15 is 0 Å². The highest BCUT2D eigenvalue weighted by Gasteiger charge is 2.25. The average molecular weight is 732 g/mol. The molecule has 0 spiro atoms. The van der Waals surface area contributed by atoms with E-state index < -0.39 is 0 Å². The summed E-state index contributed by atoms with van der Waals surface area (Å²) in [6.45, 7) is 12.2. The van der Waals surface area contributed by atoms with Crippen LogP contribution in [0, 0.1) is 5.92 Å². The van der Waals surface area contributed by atoms with E-state index in [9.17, 15) is 9.59 Å². The Morgan fingerprint density at radius 1 is 1.02 bits per heavy atom. The maximum absolute atomic E-state index is 12.4. The molecule has 1 aromatic carbocycles. The SMILES string of the molecule is CC.CC1CN(c2ccc(Cl)c(Cl)c2)N=C1NC(=O)CCCNC(=O)COCCN(C)CCOCCOCCNI. The van der Waals surface area contributed by atoms with Gasteiger partial charge in [0.05, 0.1) is 55.3 Å². The number of benzene rings is 1. The monoisotopic (exact) mass is 730 g/mol. The van der Waals surface area contributed by atoms with Crippen molar-refractivity contribution < 1.29 is 23.8 Å². The minimum Gasteiger partial charge on any atom is -0.378 e. The van der Waals surface area contributed by atoms with Crippen molar-refractivity contribution in [1.29, 1.82) is 0 Å². The molecule has 0 aliphatic carbocycles. The number of hydrogen-bond donors (Lipinski definition) is 3. The van der Waals surface area contributed by atoms with Crippen LogP contribution in [0.2, 0.25) is 10.0 Å². The highest BCUT2D eigenvalue weighted by atomic mass is 127. The van der Waals surface area contributed by atoms with Crippen LogP contribution in [0.25, 0.3) is 0 Å². The number of nitrogens with zero attached hydrogens (tertiary/aromatic N) is 3. The Hall–Kier alpha value is -1.26. The number of halogens is 3. The molecule has 1 heterocycles. The summed E-state index contributed by atoms with van der Waals surface area (Å²) in [6, 6.07) is 5.30. The summed E-state index contributed by atoms with van der Waals surface area (Å²) in [5.41, 5.74) is 0.809. The van der Waals surface area contributed by atoms with Crippen molar-refractivity contribution in [2.45, 2.75) is 33.6 Å². The van der Waals surface area contributed by atoms with Crippen LogP contribution in [0.3, 0.4) is 0 Å². The molecular formula is C27H45Cl2IN6O5. The Labute approximate surface area is 268 Å². The molecule has 0 aromatic heterocycles. The lowest BCUT2D eigenvalue weighted by Gasteiger charge is -2.16. The Kier molecular flexibility index (Phi) is 21.4. The summed E-state index contributed by atoms with van der Waals surface area (Å²) in [5.74, 6) is 0.314. The van der Waals surface area contributed by atoms with Gasteiger partial charge < -0.3 is 29.7 Å². The first kappa shape index (κ1) is 37.8. The molecule has 1 aliphatic rings. The first-order valence-electron chi connectivity index (χ1n) is 13.9. The Bertz CT molecular complexity index is 930. The fourth-order valence-electron chi connectivity index (χ4n) is 3.46. The first-order valence-corrected chi connectivity index (χ1v) is 15.8. The van der Waals surface area contributed by atoms with Crippen molar-refractivity contribution in [3.8, 4) is 0 Å². The molecular weight excluding hydrogens is 686 g/mol. The van der Waals surface area contributed by atoms with Crippen LogP contribution >= 0.6 is 46.1 Å². The van der Waals surface area contributed by atoms with Crippen LogP contribution in [-0.2, 0) is 23.8 Å². The highest BCUT2D eigenvalue weighted by Crippen LogP contribution is 2.29.